The van der Waals surface area contributed by atoms with Crippen molar-refractivity contribution >= 4 is 39.2 Å². The number of carboxylic acids is 1. The highest BCUT2D eigenvalue weighted by molar-refractivity contribution is 7.19. The highest BCUT2D eigenvalue weighted by Crippen LogP contribution is 2.36. The molecule has 3 aromatic rings. The number of ether oxygens (including phenoxy) is 2. The predicted molar refractivity (Wildman–Crippen MR) is 96.7 cm³/mol. The first-order chi connectivity index (χ1) is 13.0. The monoisotopic (exact) mass is 390 g/mol. The highest BCUT2D eigenvalue weighted by atomic mass is 32.1. The van der Waals surface area contributed by atoms with Gasteiger partial charge in [-0.25, -0.2) is 4.98 Å². The Balaban J connectivity index is 2.12. The van der Waals surface area contributed by atoms with Crippen molar-refractivity contribution in [1.29, 1.82) is 0 Å². The lowest BCUT2D eigenvalue weighted by molar-refractivity contribution is -0.304. The van der Waals surface area contributed by atoms with Crippen molar-refractivity contribution in [2.24, 2.45) is 0 Å². The molecule has 2 aromatic carbocycles. The van der Waals surface area contributed by atoms with Crippen LogP contribution >= 0.6 is 11.3 Å². The van der Waals surface area contributed by atoms with Gasteiger partial charge in [-0.3, -0.25) is 0 Å². The van der Waals surface area contributed by atoms with Crippen LogP contribution in [0.4, 0.5) is 8.78 Å². The van der Waals surface area contributed by atoms with Crippen molar-refractivity contribution in [3.8, 4) is 11.5 Å². The van der Waals surface area contributed by atoms with Gasteiger partial charge in [-0.2, -0.15) is 8.78 Å². The van der Waals surface area contributed by atoms with E-state index in [1.54, 1.807) is 6.07 Å². The Kier molecular flexibility index (Phi) is 5.66. The third-order valence-electron chi connectivity index (χ3n) is 3.67. The maximum Gasteiger partial charge on any atom is 0.387 e. The van der Waals surface area contributed by atoms with Crippen LogP contribution in [0, 0.1) is 0 Å². The molecule has 0 atom stereocenters. The first-order valence-corrected chi connectivity index (χ1v) is 8.67. The van der Waals surface area contributed by atoms with E-state index in [2.05, 4.69) is 9.72 Å². The van der Waals surface area contributed by atoms with Gasteiger partial charge < -0.3 is 19.4 Å². The van der Waals surface area contributed by atoms with Gasteiger partial charge in [-0.15, -0.1) is 11.3 Å². The SMILES string of the molecule is COc1cccc(/C=C(\CC(=O)[O-])c2nc3ccccc3s2)c1OC(F)F. The fraction of sp³-hybridized carbons (Fsp3) is 0.158. The molecule has 0 aliphatic rings. The Morgan fingerprint density at radius 1 is 1.26 bits per heavy atom. The maximum atomic E-state index is 12.8. The molecule has 0 unspecified atom stereocenters. The molecule has 8 heteroatoms. The molecular weight excluding hydrogens is 376 g/mol. The highest BCUT2D eigenvalue weighted by Gasteiger charge is 2.16. The second-order valence-corrected chi connectivity index (χ2v) is 6.49. The van der Waals surface area contributed by atoms with E-state index in [1.807, 2.05) is 24.3 Å². The average Bonchev–Trinajstić information content (AvgIpc) is 3.06. The van der Waals surface area contributed by atoms with Gasteiger partial charge in [0.2, 0.25) is 0 Å². The molecular formula is C19H14F2NO4S-. The molecule has 0 fully saturated rings. The molecule has 140 valence electrons. The Hall–Kier alpha value is -3.00. The van der Waals surface area contributed by atoms with Gasteiger partial charge in [0.05, 0.1) is 17.3 Å². The molecule has 0 amide bonds. The van der Waals surface area contributed by atoms with Crippen LogP contribution in [0.5, 0.6) is 11.5 Å². The van der Waals surface area contributed by atoms with Crippen molar-refractivity contribution in [2.75, 3.05) is 7.11 Å². The van der Waals surface area contributed by atoms with Crippen molar-refractivity contribution in [1.82, 2.24) is 4.98 Å². The van der Waals surface area contributed by atoms with Gasteiger partial charge in [0.15, 0.2) is 11.5 Å². The number of hydrogen-bond acceptors (Lipinski definition) is 6. The number of halogens is 2. The Morgan fingerprint density at radius 2 is 2.04 bits per heavy atom. The average molecular weight is 390 g/mol. The van der Waals surface area contributed by atoms with Gasteiger partial charge in [0.1, 0.15) is 5.01 Å². The van der Waals surface area contributed by atoms with Crippen LogP contribution in [0.3, 0.4) is 0 Å². The summed E-state index contributed by atoms with van der Waals surface area (Å²) in [6, 6.07) is 12.0. The topological polar surface area (TPSA) is 71.5 Å². The summed E-state index contributed by atoms with van der Waals surface area (Å²) in [6.07, 6.45) is 1.03. The van der Waals surface area contributed by atoms with E-state index in [9.17, 15) is 18.7 Å². The number of carboxylic acid groups (broad SMARTS) is 1. The van der Waals surface area contributed by atoms with E-state index in [-0.39, 0.29) is 17.1 Å². The summed E-state index contributed by atoms with van der Waals surface area (Å²) in [7, 11) is 1.33. The van der Waals surface area contributed by atoms with Crippen LogP contribution in [0.1, 0.15) is 17.0 Å². The number of fused-ring (bicyclic) bond motifs is 1. The molecule has 1 aromatic heterocycles. The molecule has 0 N–H and O–H groups in total. The minimum atomic E-state index is -3.06. The van der Waals surface area contributed by atoms with E-state index in [0.717, 1.165) is 10.2 Å². The first kappa shape index (κ1) is 18.8. The lowest BCUT2D eigenvalue weighted by Crippen LogP contribution is -2.22. The van der Waals surface area contributed by atoms with Gasteiger partial charge in [0.25, 0.3) is 0 Å². The largest absolute Gasteiger partial charge is 0.550 e. The first-order valence-electron chi connectivity index (χ1n) is 7.86. The van der Waals surface area contributed by atoms with Crippen LogP contribution < -0.4 is 14.6 Å². The summed E-state index contributed by atoms with van der Waals surface area (Å²) < 4.78 is 36.2. The van der Waals surface area contributed by atoms with E-state index < -0.39 is 19.0 Å². The molecule has 0 bridgehead atoms. The number of benzene rings is 2. The number of thiazole rings is 1. The van der Waals surface area contributed by atoms with Crippen molar-refractivity contribution in [3.63, 3.8) is 0 Å². The number of nitrogens with zero attached hydrogens (tertiary/aromatic N) is 1. The zero-order valence-electron chi connectivity index (χ0n) is 14.1. The smallest absolute Gasteiger partial charge is 0.387 e. The summed E-state index contributed by atoms with van der Waals surface area (Å²) in [5.74, 6) is -1.37. The van der Waals surface area contributed by atoms with E-state index in [4.69, 9.17) is 4.74 Å². The minimum Gasteiger partial charge on any atom is -0.550 e. The molecule has 0 saturated heterocycles. The van der Waals surface area contributed by atoms with Crippen LogP contribution in [-0.2, 0) is 4.79 Å². The zero-order valence-corrected chi connectivity index (χ0v) is 15.0. The van der Waals surface area contributed by atoms with Crippen LogP contribution in [-0.4, -0.2) is 24.7 Å². The van der Waals surface area contributed by atoms with E-state index in [0.29, 0.717) is 10.6 Å². The third kappa shape index (κ3) is 4.40. The lowest BCUT2D eigenvalue weighted by atomic mass is 10.1. The van der Waals surface area contributed by atoms with Crippen LogP contribution in [0.2, 0.25) is 0 Å². The maximum absolute atomic E-state index is 12.8. The fourth-order valence-corrected chi connectivity index (χ4v) is 3.54. The Labute approximate surface area is 157 Å². The number of methoxy groups -OCH3 is 1. The van der Waals surface area contributed by atoms with Crippen LogP contribution in [0.15, 0.2) is 42.5 Å². The number of alkyl halides is 2. The number of carbonyl (C=O) groups is 1. The molecule has 0 spiro atoms. The Bertz CT molecular complexity index is 967. The lowest BCUT2D eigenvalue weighted by Gasteiger charge is -2.13. The van der Waals surface area contributed by atoms with Gasteiger partial charge in [-0.1, -0.05) is 24.3 Å². The molecule has 0 radical (unpaired) electrons. The van der Waals surface area contributed by atoms with Crippen molar-refractivity contribution in [3.05, 3.63) is 53.0 Å². The van der Waals surface area contributed by atoms with Crippen LogP contribution in [0.25, 0.3) is 21.9 Å². The van der Waals surface area contributed by atoms with Crippen molar-refractivity contribution < 1.29 is 28.2 Å². The molecule has 27 heavy (non-hydrogen) atoms. The summed E-state index contributed by atoms with van der Waals surface area (Å²) in [5, 5.41) is 11.7. The summed E-state index contributed by atoms with van der Waals surface area (Å²) in [5.41, 5.74) is 1.30. The number of para-hydroxylation sites is 2. The third-order valence-corrected chi connectivity index (χ3v) is 4.78. The van der Waals surface area contributed by atoms with Gasteiger partial charge >= 0.3 is 6.61 Å². The second kappa shape index (κ2) is 8.13. The van der Waals surface area contributed by atoms with Crippen molar-refractivity contribution in [2.45, 2.75) is 13.0 Å². The normalized spacial score (nSPS) is 11.8. The molecule has 0 aliphatic carbocycles. The van der Waals surface area contributed by atoms with Gasteiger partial charge in [0, 0.05) is 18.0 Å². The quantitative estimate of drug-likeness (QED) is 0.617. The predicted octanol–water partition coefficient (Wildman–Crippen LogP) is 3.59. The number of aliphatic carboxylic acids is 1. The molecule has 1 heterocycles. The summed E-state index contributed by atoms with van der Waals surface area (Å²) in [4.78, 5) is 15.7. The van der Waals surface area contributed by atoms with E-state index in [1.165, 1.54) is 36.7 Å². The number of hydrogen-bond donors (Lipinski definition) is 0. The zero-order chi connectivity index (χ0) is 19.4. The Morgan fingerprint density at radius 3 is 2.70 bits per heavy atom. The number of rotatable bonds is 7. The van der Waals surface area contributed by atoms with Gasteiger partial charge in [-0.05, 0) is 29.8 Å². The second-order valence-electron chi connectivity index (χ2n) is 5.46. The summed E-state index contributed by atoms with van der Waals surface area (Å²) >= 11 is 1.31. The molecule has 5 nitrogen and oxygen atoms in total. The minimum absolute atomic E-state index is 0.112. The summed E-state index contributed by atoms with van der Waals surface area (Å²) in [6.45, 7) is -3.06. The number of carbonyl (C=O) groups excluding carboxylic acids is 1. The molecule has 0 saturated carbocycles. The molecule has 0 aliphatic heterocycles. The van der Waals surface area contributed by atoms with E-state index >= 15 is 0 Å². The fourth-order valence-electron chi connectivity index (χ4n) is 2.56. The standard InChI is InChI=1S/C19H15F2NO4S/c1-25-14-7-4-5-11(17(14)26-19(20)21)9-12(10-16(23)24)18-22-13-6-2-3-8-15(13)27-18/h2-9,19H,10H2,1H3,(H,23,24)/p-1/b12-9+. The number of aromatic nitrogens is 1. The molecule has 3 rings (SSSR count).